The van der Waals surface area contributed by atoms with E-state index >= 15 is 0 Å². The molecular weight excluding hydrogens is 258 g/mol. The molecule has 1 aromatic heterocycles. The number of thiophene rings is 1. The van der Waals surface area contributed by atoms with Crippen LogP contribution in [0.15, 0.2) is 12.1 Å². The number of nitrogens with one attached hydrogen (secondary N) is 1. The van der Waals surface area contributed by atoms with Crippen molar-refractivity contribution in [3.05, 3.63) is 21.9 Å². The molecule has 2 atom stereocenters. The molecule has 0 amide bonds. The Morgan fingerprint density at radius 1 is 1.33 bits per heavy atom. The van der Waals surface area contributed by atoms with Crippen molar-refractivity contribution < 1.29 is 0 Å². The second kappa shape index (κ2) is 5.98. The van der Waals surface area contributed by atoms with Gasteiger partial charge in [0, 0.05) is 27.6 Å². The van der Waals surface area contributed by atoms with Crippen LogP contribution in [0.5, 0.6) is 0 Å². The lowest BCUT2D eigenvalue weighted by atomic mass is 9.95. The number of thioether (sulfide) groups is 1. The summed E-state index contributed by atoms with van der Waals surface area (Å²) in [5.41, 5.74) is 0.292. The van der Waals surface area contributed by atoms with Crippen LogP contribution in [0, 0.1) is 0 Å². The van der Waals surface area contributed by atoms with Gasteiger partial charge < -0.3 is 5.32 Å². The minimum Gasteiger partial charge on any atom is -0.309 e. The third-order valence-corrected chi connectivity index (χ3v) is 6.29. The normalized spacial score (nSPS) is 24.7. The Bertz CT molecular complexity index is 378. The molecule has 102 valence electrons. The van der Waals surface area contributed by atoms with Crippen molar-refractivity contribution in [2.24, 2.45) is 0 Å². The Morgan fingerprint density at radius 2 is 2.11 bits per heavy atom. The number of hydrogen-bond acceptors (Lipinski definition) is 3. The fourth-order valence-corrected chi connectivity index (χ4v) is 4.27. The first kappa shape index (κ1) is 14.4. The molecule has 2 unspecified atom stereocenters. The maximum Gasteiger partial charge on any atom is 0.0302 e. The maximum atomic E-state index is 3.72. The highest BCUT2D eigenvalue weighted by molar-refractivity contribution is 7.99. The molecule has 0 spiro atoms. The Morgan fingerprint density at radius 3 is 2.67 bits per heavy atom. The topological polar surface area (TPSA) is 12.0 Å². The summed E-state index contributed by atoms with van der Waals surface area (Å²) >= 11 is 3.99. The molecule has 3 heteroatoms. The summed E-state index contributed by atoms with van der Waals surface area (Å²) < 4.78 is 0. The van der Waals surface area contributed by atoms with E-state index in [2.05, 4.69) is 44.5 Å². The first-order valence-corrected chi connectivity index (χ1v) is 8.95. The lowest BCUT2D eigenvalue weighted by Gasteiger charge is -2.15. The van der Waals surface area contributed by atoms with Crippen LogP contribution in [0.3, 0.4) is 0 Å². The summed E-state index contributed by atoms with van der Waals surface area (Å²) in [5, 5.41) is 4.61. The van der Waals surface area contributed by atoms with E-state index in [1.165, 1.54) is 29.0 Å². The third-order valence-electron chi connectivity index (χ3n) is 3.68. The van der Waals surface area contributed by atoms with E-state index in [9.17, 15) is 0 Å². The first-order chi connectivity index (χ1) is 8.49. The van der Waals surface area contributed by atoms with Crippen molar-refractivity contribution in [3.8, 4) is 0 Å². The summed E-state index contributed by atoms with van der Waals surface area (Å²) in [6, 6.07) is 5.32. The number of hydrogen-bond donors (Lipinski definition) is 1. The maximum absolute atomic E-state index is 3.72. The van der Waals surface area contributed by atoms with Gasteiger partial charge in [-0.1, -0.05) is 20.8 Å². The predicted octanol–water partition coefficient (Wildman–Crippen LogP) is 4.42. The fraction of sp³-hybridized carbons (Fsp3) is 0.733. The Labute approximate surface area is 120 Å². The SMILES string of the molecule is CSC1CCC(NCc2ccc(C(C)(C)C)s2)C1. The second-order valence-electron chi connectivity index (χ2n) is 6.26. The molecule has 1 saturated carbocycles. The van der Waals surface area contributed by atoms with Crippen LogP contribution in [-0.2, 0) is 12.0 Å². The largest absolute Gasteiger partial charge is 0.309 e. The summed E-state index contributed by atoms with van der Waals surface area (Å²) in [7, 11) is 0. The van der Waals surface area contributed by atoms with Crippen molar-refractivity contribution in [1.82, 2.24) is 5.32 Å². The molecule has 0 radical (unpaired) electrons. The van der Waals surface area contributed by atoms with Crippen LogP contribution in [0.1, 0.15) is 49.8 Å². The molecule has 0 bridgehead atoms. The average Bonchev–Trinajstić information content (AvgIpc) is 2.94. The highest BCUT2D eigenvalue weighted by atomic mass is 32.2. The van der Waals surface area contributed by atoms with Gasteiger partial charge in [-0.2, -0.15) is 11.8 Å². The van der Waals surface area contributed by atoms with Crippen LogP contribution in [-0.4, -0.2) is 17.5 Å². The molecule has 1 heterocycles. The zero-order valence-corrected chi connectivity index (χ0v) is 13.6. The predicted molar refractivity (Wildman–Crippen MR) is 84.8 cm³/mol. The van der Waals surface area contributed by atoms with Crippen molar-refractivity contribution in [2.45, 2.75) is 63.3 Å². The third kappa shape index (κ3) is 3.75. The van der Waals surface area contributed by atoms with Gasteiger partial charge in [0.05, 0.1) is 0 Å². The van der Waals surface area contributed by atoms with Gasteiger partial charge in [-0.25, -0.2) is 0 Å². The molecule has 1 aliphatic carbocycles. The Balaban J connectivity index is 1.82. The molecule has 18 heavy (non-hydrogen) atoms. The Hall–Kier alpha value is 0.01000. The quantitative estimate of drug-likeness (QED) is 0.878. The van der Waals surface area contributed by atoms with Gasteiger partial charge in [-0.05, 0) is 43.1 Å². The summed E-state index contributed by atoms with van der Waals surface area (Å²) in [5.74, 6) is 0. The first-order valence-electron chi connectivity index (χ1n) is 6.84. The molecule has 1 N–H and O–H groups in total. The van der Waals surface area contributed by atoms with E-state index in [1.54, 1.807) is 0 Å². The Kier molecular flexibility index (Phi) is 4.79. The van der Waals surface area contributed by atoms with Crippen molar-refractivity contribution in [3.63, 3.8) is 0 Å². The van der Waals surface area contributed by atoms with E-state index in [1.807, 2.05) is 23.1 Å². The zero-order chi connectivity index (χ0) is 13.2. The summed E-state index contributed by atoms with van der Waals surface area (Å²) in [6.07, 6.45) is 6.32. The van der Waals surface area contributed by atoms with E-state index in [0.29, 0.717) is 5.41 Å². The summed E-state index contributed by atoms with van der Waals surface area (Å²) in [4.78, 5) is 2.97. The van der Waals surface area contributed by atoms with Crippen LogP contribution < -0.4 is 5.32 Å². The van der Waals surface area contributed by atoms with Gasteiger partial charge in [0.2, 0.25) is 0 Å². The van der Waals surface area contributed by atoms with Gasteiger partial charge in [0.25, 0.3) is 0 Å². The van der Waals surface area contributed by atoms with Crippen LogP contribution >= 0.6 is 23.1 Å². The highest BCUT2D eigenvalue weighted by Gasteiger charge is 2.23. The molecular formula is C15H25NS2. The smallest absolute Gasteiger partial charge is 0.0302 e. The minimum absolute atomic E-state index is 0.292. The van der Waals surface area contributed by atoms with E-state index in [0.717, 1.165) is 17.8 Å². The van der Waals surface area contributed by atoms with Gasteiger partial charge in [0.1, 0.15) is 0 Å². The van der Waals surface area contributed by atoms with E-state index < -0.39 is 0 Å². The average molecular weight is 284 g/mol. The van der Waals surface area contributed by atoms with Gasteiger partial charge in [-0.3, -0.25) is 0 Å². The van der Waals surface area contributed by atoms with Crippen molar-refractivity contribution in [1.29, 1.82) is 0 Å². The molecule has 0 aromatic carbocycles. The standard InChI is InChI=1S/C15H25NS2/c1-15(2,3)14-8-7-13(18-14)10-16-11-5-6-12(9-11)17-4/h7-8,11-12,16H,5-6,9-10H2,1-4H3. The van der Waals surface area contributed by atoms with Gasteiger partial charge in [-0.15, -0.1) is 11.3 Å². The lowest BCUT2D eigenvalue weighted by molar-refractivity contribution is 0.528. The van der Waals surface area contributed by atoms with E-state index in [-0.39, 0.29) is 0 Å². The molecule has 1 aliphatic rings. The monoisotopic (exact) mass is 283 g/mol. The lowest BCUT2D eigenvalue weighted by Crippen LogP contribution is -2.25. The molecule has 0 aliphatic heterocycles. The fourth-order valence-electron chi connectivity index (χ4n) is 2.46. The summed E-state index contributed by atoms with van der Waals surface area (Å²) in [6.45, 7) is 7.91. The second-order valence-corrected chi connectivity index (χ2v) is 8.57. The molecule has 0 saturated heterocycles. The molecule has 1 fully saturated rings. The molecule has 2 rings (SSSR count). The highest BCUT2D eigenvalue weighted by Crippen LogP contribution is 2.31. The number of rotatable bonds is 4. The molecule has 1 aromatic rings. The van der Waals surface area contributed by atoms with Crippen LogP contribution in [0.25, 0.3) is 0 Å². The van der Waals surface area contributed by atoms with Gasteiger partial charge >= 0.3 is 0 Å². The van der Waals surface area contributed by atoms with Gasteiger partial charge in [0.15, 0.2) is 0 Å². The van der Waals surface area contributed by atoms with E-state index in [4.69, 9.17) is 0 Å². The van der Waals surface area contributed by atoms with Crippen LogP contribution in [0.4, 0.5) is 0 Å². The van der Waals surface area contributed by atoms with Crippen molar-refractivity contribution in [2.75, 3.05) is 6.26 Å². The van der Waals surface area contributed by atoms with Crippen molar-refractivity contribution >= 4 is 23.1 Å². The molecule has 1 nitrogen and oxygen atoms in total. The minimum atomic E-state index is 0.292. The van der Waals surface area contributed by atoms with Crippen LogP contribution in [0.2, 0.25) is 0 Å². The zero-order valence-electron chi connectivity index (χ0n) is 12.0.